The van der Waals surface area contributed by atoms with Crippen LogP contribution in [0.25, 0.3) is 0 Å². The van der Waals surface area contributed by atoms with E-state index in [9.17, 15) is 8.78 Å². The quantitative estimate of drug-likeness (QED) is 0.845. The van der Waals surface area contributed by atoms with Crippen molar-refractivity contribution in [3.63, 3.8) is 0 Å². The van der Waals surface area contributed by atoms with Crippen LogP contribution in [0.1, 0.15) is 24.1 Å². The largest absolute Gasteiger partial charge is 0.378 e. The molecule has 1 unspecified atom stereocenters. The maximum absolute atomic E-state index is 13.2. The van der Waals surface area contributed by atoms with Crippen molar-refractivity contribution < 1.29 is 8.78 Å². The number of anilines is 1. The second-order valence-corrected chi connectivity index (χ2v) is 4.35. The van der Waals surface area contributed by atoms with E-state index < -0.39 is 11.6 Å². The Hall–Kier alpha value is -1.90. The van der Waals surface area contributed by atoms with Gasteiger partial charge in [0.1, 0.15) is 0 Å². The van der Waals surface area contributed by atoms with Crippen molar-refractivity contribution >= 4 is 5.69 Å². The molecule has 0 bridgehead atoms. The molecule has 0 aliphatic rings. The molecule has 0 aromatic heterocycles. The van der Waals surface area contributed by atoms with Gasteiger partial charge in [0.15, 0.2) is 11.6 Å². The molecule has 0 amide bonds. The molecule has 18 heavy (non-hydrogen) atoms. The molecule has 0 saturated carbocycles. The summed E-state index contributed by atoms with van der Waals surface area (Å²) in [4.78, 5) is 0. The average Bonchev–Trinajstić information content (AvgIpc) is 2.35. The molecule has 0 saturated heterocycles. The van der Waals surface area contributed by atoms with Gasteiger partial charge in [-0.15, -0.1) is 0 Å². The molecule has 0 spiro atoms. The second-order valence-electron chi connectivity index (χ2n) is 4.35. The summed E-state index contributed by atoms with van der Waals surface area (Å²) in [5.74, 6) is -1.63. The molecular formula is C15H15F2N. The fourth-order valence-electron chi connectivity index (χ4n) is 1.83. The van der Waals surface area contributed by atoms with Crippen molar-refractivity contribution in [2.45, 2.75) is 19.9 Å². The lowest BCUT2D eigenvalue weighted by Crippen LogP contribution is -2.08. The highest BCUT2D eigenvalue weighted by Gasteiger charge is 2.09. The lowest BCUT2D eigenvalue weighted by molar-refractivity contribution is 0.506. The van der Waals surface area contributed by atoms with Crippen LogP contribution in [0, 0.1) is 18.6 Å². The van der Waals surface area contributed by atoms with Gasteiger partial charge in [-0.25, -0.2) is 8.78 Å². The van der Waals surface area contributed by atoms with Crippen LogP contribution < -0.4 is 5.32 Å². The number of para-hydroxylation sites is 1. The van der Waals surface area contributed by atoms with Crippen molar-refractivity contribution in [2.24, 2.45) is 0 Å². The highest BCUT2D eigenvalue weighted by atomic mass is 19.2. The van der Waals surface area contributed by atoms with Gasteiger partial charge in [0.2, 0.25) is 0 Å². The minimum Gasteiger partial charge on any atom is -0.378 e. The molecule has 2 aromatic rings. The van der Waals surface area contributed by atoms with Crippen molar-refractivity contribution in [1.82, 2.24) is 0 Å². The van der Waals surface area contributed by atoms with Gasteiger partial charge in [-0.1, -0.05) is 24.3 Å². The van der Waals surface area contributed by atoms with E-state index in [1.165, 1.54) is 6.07 Å². The van der Waals surface area contributed by atoms with Crippen LogP contribution >= 0.6 is 0 Å². The molecule has 0 aliphatic carbocycles. The molecule has 0 aliphatic heterocycles. The smallest absolute Gasteiger partial charge is 0.159 e. The first-order valence-electron chi connectivity index (χ1n) is 5.85. The predicted molar refractivity (Wildman–Crippen MR) is 69.6 cm³/mol. The SMILES string of the molecule is Cc1ccccc1NC(C)c1ccc(F)c(F)c1. The van der Waals surface area contributed by atoms with Crippen molar-refractivity contribution in [3.8, 4) is 0 Å². The number of halogens is 2. The van der Waals surface area contributed by atoms with Gasteiger partial charge in [-0.2, -0.15) is 0 Å². The van der Waals surface area contributed by atoms with Crippen LogP contribution in [0.3, 0.4) is 0 Å². The molecule has 1 atom stereocenters. The molecule has 94 valence electrons. The second kappa shape index (κ2) is 5.17. The number of hydrogen-bond acceptors (Lipinski definition) is 1. The Kier molecular flexibility index (Phi) is 3.60. The zero-order chi connectivity index (χ0) is 13.1. The third-order valence-corrected chi connectivity index (χ3v) is 2.96. The van der Waals surface area contributed by atoms with Crippen molar-refractivity contribution in [3.05, 3.63) is 65.2 Å². The molecule has 3 heteroatoms. The number of nitrogens with one attached hydrogen (secondary N) is 1. The Balaban J connectivity index is 2.19. The number of benzene rings is 2. The molecule has 2 aromatic carbocycles. The van der Waals surface area contributed by atoms with E-state index in [2.05, 4.69) is 5.32 Å². The van der Waals surface area contributed by atoms with Crippen LogP contribution in [0.15, 0.2) is 42.5 Å². The Labute approximate surface area is 105 Å². The van der Waals surface area contributed by atoms with Crippen LogP contribution in [0.4, 0.5) is 14.5 Å². The molecule has 1 N–H and O–H groups in total. The summed E-state index contributed by atoms with van der Waals surface area (Å²) in [6.45, 7) is 3.92. The number of rotatable bonds is 3. The minimum atomic E-state index is -0.818. The first-order valence-corrected chi connectivity index (χ1v) is 5.85. The van der Waals surface area contributed by atoms with Crippen molar-refractivity contribution in [2.75, 3.05) is 5.32 Å². The van der Waals surface area contributed by atoms with Gasteiger partial charge in [0.05, 0.1) is 0 Å². The monoisotopic (exact) mass is 247 g/mol. The highest BCUT2D eigenvalue weighted by molar-refractivity contribution is 5.51. The van der Waals surface area contributed by atoms with Gasteiger partial charge in [0.25, 0.3) is 0 Å². The van der Waals surface area contributed by atoms with Crippen LogP contribution in [-0.4, -0.2) is 0 Å². The third-order valence-electron chi connectivity index (χ3n) is 2.96. The van der Waals surface area contributed by atoms with Crippen molar-refractivity contribution in [1.29, 1.82) is 0 Å². The molecule has 1 nitrogen and oxygen atoms in total. The van der Waals surface area contributed by atoms with Gasteiger partial charge in [0, 0.05) is 11.7 Å². The average molecular weight is 247 g/mol. The summed E-state index contributed by atoms with van der Waals surface area (Å²) >= 11 is 0. The van der Waals surface area contributed by atoms with E-state index in [1.54, 1.807) is 6.07 Å². The topological polar surface area (TPSA) is 12.0 Å². The predicted octanol–water partition coefficient (Wildman–Crippen LogP) is 4.45. The van der Waals surface area contributed by atoms with E-state index in [0.29, 0.717) is 0 Å². The van der Waals surface area contributed by atoms with E-state index in [4.69, 9.17) is 0 Å². The summed E-state index contributed by atoms with van der Waals surface area (Å²) < 4.78 is 26.0. The summed E-state index contributed by atoms with van der Waals surface area (Å²) in [7, 11) is 0. The van der Waals surface area contributed by atoms with Gasteiger partial charge in [-0.3, -0.25) is 0 Å². The van der Waals surface area contributed by atoms with Gasteiger partial charge >= 0.3 is 0 Å². The number of aryl methyl sites for hydroxylation is 1. The lowest BCUT2D eigenvalue weighted by Gasteiger charge is -2.17. The highest BCUT2D eigenvalue weighted by Crippen LogP contribution is 2.22. The van der Waals surface area contributed by atoms with E-state index in [-0.39, 0.29) is 6.04 Å². The van der Waals surface area contributed by atoms with E-state index >= 15 is 0 Å². The Morgan fingerprint density at radius 2 is 1.72 bits per heavy atom. The van der Waals surface area contributed by atoms with Gasteiger partial charge < -0.3 is 5.32 Å². The van der Waals surface area contributed by atoms with Crippen LogP contribution in [0.5, 0.6) is 0 Å². The fraction of sp³-hybridized carbons (Fsp3) is 0.200. The summed E-state index contributed by atoms with van der Waals surface area (Å²) in [6.07, 6.45) is 0. The Morgan fingerprint density at radius 1 is 1.00 bits per heavy atom. The molecule has 0 fully saturated rings. The molecule has 0 heterocycles. The minimum absolute atomic E-state index is 0.0822. The van der Waals surface area contributed by atoms with Gasteiger partial charge in [-0.05, 0) is 43.2 Å². The number of hydrogen-bond donors (Lipinski definition) is 1. The Bertz CT molecular complexity index is 552. The van der Waals surface area contributed by atoms with Crippen LogP contribution in [-0.2, 0) is 0 Å². The van der Waals surface area contributed by atoms with E-state index in [0.717, 1.165) is 22.9 Å². The molecule has 2 rings (SSSR count). The maximum atomic E-state index is 13.2. The Morgan fingerprint density at radius 3 is 2.39 bits per heavy atom. The molecular weight excluding hydrogens is 232 g/mol. The van der Waals surface area contributed by atoms with E-state index in [1.807, 2.05) is 38.1 Å². The summed E-state index contributed by atoms with van der Waals surface area (Å²) in [5.41, 5.74) is 2.83. The van der Waals surface area contributed by atoms with Crippen LogP contribution in [0.2, 0.25) is 0 Å². The normalized spacial score (nSPS) is 12.2. The fourth-order valence-corrected chi connectivity index (χ4v) is 1.83. The summed E-state index contributed by atoms with van der Waals surface area (Å²) in [6, 6.07) is 11.8. The first-order chi connectivity index (χ1) is 8.58. The summed E-state index contributed by atoms with van der Waals surface area (Å²) in [5, 5.41) is 3.28. The maximum Gasteiger partial charge on any atom is 0.159 e. The standard InChI is InChI=1S/C15H15F2N/c1-10-5-3-4-6-15(10)18-11(2)12-7-8-13(16)14(17)9-12/h3-9,11,18H,1-2H3. The third kappa shape index (κ3) is 2.67. The zero-order valence-corrected chi connectivity index (χ0v) is 10.4. The lowest BCUT2D eigenvalue weighted by atomic mass is 10.1. The zero-order valence-electron chi connectivity index (χ0n) is 10.4. The molecule has 0 radical (unpaired) electrons. The first kappa shape index (κ1) is 12.6.